The predicted molar refractivity (Wildman–Crippen MR) is 243 cm³/mol. The average molecular weight is 756 g/mol. The summed E-state index contributed by atoms with van der Waals surface area (Å²) in [6.07, 6.45) is 0. The molecule has 0 unspecified atom stereocenters. The molecule has 0 atom stereocenters. The van der Waals surface area contributed by atoms with Crippen LogP contribution >= 0.6 is 11.3 Å². The van der Waals surface area contributed by atoms with Crippen LogP contribution in [0.1, 0.15) is 22.3 Å². The highest BCUT2D eigenvalue weighted by Crippen LogP contribution is 2.63. The summed E-state index contributed by atoms with van der Waals surface area (Å²) in [7, 11) is 0. The Labute approximate surface area is 339 Å². The van der Waals surface area contributed by atoms with Crippen molar-refractivity contribution in [1.29, 1.82) is 0 Å². The standard InChI is InChI=1S/C55H33NOS/c1-7-22-43-35(15-1)36-16-2-8-23-44(36)55(43)45-24-9-3-17-37(45)42-33-34(31-32-46(42)55)56(48-26-14-30-52-54(48)41-20-6-12-29-51(41)58-52)47-25-10-4-18-38(47)39-21-13-28-50-53(39)40-19-5-11-27-49(40)57-50/h1-33H. The van der Waals surface area contributed by atoms with Gasteiger partial charge in [-0.2, -0.15) is 0 Å². The molecule has 58 heavy (non-hydrogen) atoms. The zero-order valence-electron chi connectivity index (χ0n) is 31.3. The Kier molecular flexibility index (Phi) is 6.56. The Bertz CT molecular complexity index is 3450. The van der Waals surface area contributed by atoms with E-state index >= 15 is 0 Å². The first-order chi connectivity index (χ1) is 28.8. The van der Waals surface area contributed by atoms with Gasteiger partial charge in [-0.15, -0.1) is 11.3 Å². The second-order valence-electron chi connectivity index (χ2n) is 15.5. The van der Waals surface area contributed by atoms with Gasteiger partial charge < -0.3 is 9.32 Å². The highest BCUT2D eigenvalue weighted by atomic mass is 32.1. The normalized spacial score (nSPS) is 13.3. The van der Waals surface area contributed by atoms with E-state index in [0.29, 0.717) is 0 Å². The topological polar surface area (TPSA) is 16.4 Å². The molecule has 0 saturated heterocycles. The van der Waals surface area contributed by atoms with Crippen molar-refractivity contribution in [3.05, 3.63) is 222 Å². The van der Waals surface area contributed by atoms with Crippen LogP contribution in [0.5, 0.6) is 0 Å². The number of hydrogen-bond donors (Lipinski definition) is 0. The molecule has 0 N–H and O–H groups in total. The van der Waals surface area contributed by atoms with Crippen molar-refractivity contribution in [3.8, 4) is 33.4 Å². The molecule has 3 heteroatoms. The van der Waals surface area contributed by atoms with Crippen molar-refractivity contribution >= 4 is 70.5 Å². The molecule has 1 spiro atoms. The molecule has 0 fully saturated rings. The summed E-state index contributed by atoms with van der Waals surface area (Å²) in [5.41, 5.74) is 17.6. The maximum absolute atomic E-state index is 6.45. The van der Waals surface area contributed by atoms with Crippen molar-refractivity contribution in [2.45, 2.75) is 5.41 Å². The molecular formula is C55H33NOS. The van der Waals surface area contributed by atoms with Crippen molar-refractivity contribution in [2.24, 2.45) is 0 Å². The second-order valence-corrected chi connectivity index (χ2v) is 16.6. The molecule has 0 saturated carbocycles. The number of nitrogens with zero attached hydrogens (tertiary/aromatic N) is 1. The summed E-state index contributed by atoms with van der Waals surface area (Å²) in [4.78, 5) is 2.52. The molecule has 0 bridgehead atoms. The Morgan fingerprint density at radius 1 is 0.362 bits per heavy atom. The summed E-state index contributed by atoms with van der Waals surface area (Å²) in [5, 5.41) is 4.79. The molecular weight excluding hydrogens is 723 g/mol. The van der Waals surface area contributed by atoms with Crippen LogP contribution in [0.3, 0.4) is 0 Å². The van der Waals surface area contributed by atoms with E-state index in [9.17, 15) is 0 Å². The Morgan fingerprint density at radius 3 is 1.67 bits per heavy atom. The zero-order chi connectivity index (χ0) is 38.0. The largest absolute Gasteiger partial charge is 0.456 e. The van der Waals surface area contributed by atoms with E-state index in [2.05, 4.69) is 199 Å². The van der Waals surface area contributed by atoms with Crippen molar-refractivity contribution in [2.75, 3.05) is 4.90 Å². The fraction of sp³-hybridized carbons (Fsp3) is 0.0182. The van der Waals surface area contributed by atoms with Crippen LogP contribution in [0.15, 0.2) is 205 Å². The maximum atomic E-state index is 6.45. The lowest BCUT2D eigenvalue weighted by molar-refractivity contribution is 0.669. The lowest BCUT2D eigenvalue weighted by Gasteiger charge is -2.32. The number of rotatable bonds is 4. The van der Waals surface area contributed by atoms with E-state index in [1.54, 1.807) is 0 Å². The van der Waals surface area contributed by atoms with Crippen LogP contribution in [0.2, 0.25) is 0 Å². The van der Waals surface area contributed by atoms with Crippen LogP contribution < -0.4 is 4.90 Å². The maximum Gasteiger partial charge on any atom is 0.136 e. The minimum atomic E-state index is -0.401. The number of furan rings is 1. The summed E-state index contributed by atoms with van der Waals surface area (Å²) in [6, 6.07) is 73.8. The highest BCUT2D eigenvalue weighted by molar-refractivity contribution is 7.26. The molecule has 0 radical (unpaired) electrons. The molecule has 2 aliphatic rings. The van der Waals surface area contributed by atoms with Crippen LogP contribution in [0.25, 0.3) is 75.5 Å². The third-order valence-corrected chi connectivity index (χ3v) is 13.8. The number of para-hydroxylation sites is 2. The first kappa shape index (κ1) is 31.9. The third kappa shape index (κ3) is 4.16. The van der Waals surface area contributed by atoms with Gasteiger partial charge in [0.25, 0.3) is 0 Å². The number of thiophene rings is 1. The molecule has 2 aliphatic carbocycles. The van der Waals surface area contributed by atoms with Crippen LogP contribution in [-0.4, -0.2) is 0 Å². The summed E-state index contributed by atoms with van der Waals surface area (Å²) >= 11 is 1.86. The van der Waals surface area contributed by atoms with Gasteiger partial charge in [-0.1, -0.05) is 152 Å². The molecule has 13 rings (SSSR count). The lowest BCUT2D eigenvalue weighted by atomic mass is 9.70. The van der Waals surface area contributed by atoms with Gasteiger partial charge in [0.15, 0.2) is 0 Å². The van der Waals surface area contributed by atoms with Gasteiger partial charge >= 0.3 is 0 Å². The van der Waals surface area contributed by atoms with Gasteiger partial charge in [-0.3, -0.25) is 0 Å². The van der Waals surface area contributed by atoms with Crippen molar-refractivity contribution in [1.82, 2.24) is 0 Å². The molecule has 2 heterocycles. The van der Waals surface area contributed by atoms with Crippen LogP contribution in [0, 0.1) is 0 Å². The van der Waals surface area contributed by atoms with Crippen LogP contribution in [-0.2, 0) is 5.41 Å². The van der Waals surface area contributed by atoms with E-state index in [-0.39, 0.29) is 0 Å². The summed E-state index contributed by atoms with van der Waals surface area (Å²) in [5.74, 6) is 0. The SMILES string of the molecule is c1ccc(N(c2ccc3c(c2)-c2ccccc2C32c3ccccc3-c3ccccc32)c2cccc3sc4ccccc4c23)c(-c2cccc3oc4ccccc4c23)c1. The van der Waals surface area contributed by atoms with Gasteiger partial charge in [0.05, 0.1) is 16.8 Å². The number of anilines is 3. The highest BCUT2D eigenvalue weighted by Gasteiger charge is 2.51. The van der Waals surface area contributed by atoms with Crippen molar-refractivity contribution in [3.63, 3.8) is 0 Å². The Hall–Kier alpha value is -7.20. The predicted octanol–water partition coefficient (Wildman–Crippen LogP) is 15.4. The molecule has 0 aliphatic heterocycles. The van der Waals surface area contributed by atoms with Gasteiger partial charge in [-0.25, -0.2) is 0 Å². The Morgan fingerprint density at radius 2 is 0.897 bits per heavy atom. The van der Waals surface area contributed by atoms with E-state index in [4.69, 9.17) is 4.42 Å². The number of benzene rings is 9. The van der Waals surface area contributed by atoms with Gasteiger partial charge in [0, 0.05) is 42.2 Å². The molecule has 9 aromatic carbocycles. The fourth-order valence-corrected chi connectivity index (χ4v) is 11.6. The first-order valence-corrected chi connectivity index (χ1v) is 20.7. The molecule has 0 amide bonds. The smallest absolute Gasteiger partial charge is 0.136 e. The zero-order valence-corrected chi connectivity index (χ0v) is 32.1. The van der Waals surface area contributed by atoms with Gasteiger partial charge in [0.1, 0.15) is 11.2 Å². The Balaban J connectivity index is 1.12. The minimum absolute atomic E-state index is 0.401. The van der Waals surface area contributed by atoms with Gasteiger partial charge in [-0.05, 0) is 98.6 Å². The first-order valence-electron chi connectivity index (χ1n) is 19.9. The van der Waals surface area contributed by atoms with E-state index in [0.717, 1.165) is 50.1 Å². The van der Waals surface area contributed by atoms with Gasteiger partial charge in [0.2, 0.25) is 0 Å². The molecule has 270 valence electrons. The van der Waals surface area contributed by atoms with E-state index in [1.165, 1.54) is 64.7 Å². The fourth-order valence-electron chi connectivity index (χ4n) is 10.5. The van der Waals surface area contributed by atoms with Crippen LogP contribution in [0.4, 0.5) is 17.1 Å². The second kappa shape index (κ2) is 11.9. The summed E-state index contributed by atoms with van der Waals surface area (Å²) < 4.78 is 9.01. The molecule has 2 aromatic heterocycles. The quantitative estimate of drug-likeness (QED) is 0.178. The minimum Gasteiger partial charge on any atom is -0.456 e. The number of hydrogen-bond acceptors (Lipinski definition) is 3. The average Bonchev–Trinajstić information content (AvgIpc) is 4.02. The third-order valence-electron chi connectivity index (χ3n) is 12.7. The monoisotopic (exact) mass is 755 g/mol. The lowest BCUT2D eigenvalue weighted by Crippen LogP contribution is -2.25. The van der Waals surface area contributed by atoms with E-state index in [1.807, 2.05) is 17.4 Å². The number of fused-ring (bicyclic) bond motifs is 16. The van der Waals surface area contributed by atoms with Crippen molar-refractivity contribution < 1.29 is 4.42 Å². The summed E-state index contributed by atoms with van der Waals surface area (Å²) in [6.45, 7) is 0. The molecule has 2 nitrogen and oxygen atoms in total. The van der Waals surface area contributed by atoms with E-state index < -0.39 is 5.41 Å². The molecule has 11 aromatic rings.